The molecule has 0 aromatic heterocycles. The van der Waals surface area contributed by atoms with E-state index in [0.29, 0.717) is 4.99 Å². The Morgan fingerprint density at radius 3 is 2.67 bits per heavy atom. The van der Waals surface area contributed by atoms with Crippen molar-refractivity contribution in [2.75, 3.05) is 31.6 Å². The Morgan fingerprint density at radius 1 is 1.50 bits per heavy atom. The van der Waals surface area contributed by atoms with Gasteiger partial charge in [-0.15, -0.1) is 0 Å². The zero-order valence-corrected chi connectivity index (χ0v) is 9.51. The van der Waals surface area contributed by atoms with Gasteiger partial charge in [-0.3, -0.25) is 0 Å². The van der Waals surface area contributed by atoms with E-state index in [4.69, 9.17) is 18.0 Å². The number of thioether (sulfide) groups is 1. The zero-order chi connectivity index (χ0) is 9.40. The molecule has 0 saturated carbocycles. The van der Waals surface area contributed by atoms with Crippen LogP contribution in [0.25, 0.3) is 0 Å². The third kappa shape index (κ3) is 8.30. The molecule has 2 N–H and O–H groups in total. The third-order valence-corrected chi connectivity index (χ3v) is 2.65. The standard InChI is InChI=1S/C8H18N2S2/c1-3-12-7-6-10(2)5-4-8(9)11/h3-7H2,1-2H3,(H2,9,11). The Kier molecular flexibility index (Phi) is 7.96. The summed E-state index contributed by atoms with van der Waals surface area (Å²) in [4.78, 5) is 2.88. The average Bonchev–Trinajstić information content (AvgIpc) is 2.01. The van der Waals surface area contributed by atoms with Crippen LogP contribution in [0.2, 0.25) is 0 Å². The van der Waals surface area contributed by atoms with Gasteiger partial charge in [-0.1, -0.05) is 19.1 Å². The molecule has 0 spiro atoms. The van der Waals surface area contributed by atoms with E-state index in [2.05, 4.69) is 18.9 Å². The molecule has 0 aromatic carbocycles. The molecule has 0 radical (unpaired) electrons. The van der Waals surface area contributed by atoms with Gasteiger partial charge >= 0.3 is 0 Å². The fraction of sp³-hybridized carbons (Fsp3) is 0.875. The van der Waals surface area contributed by atoms with Gasteiger partial charge in [0, 0.05) is 25.3 Å². The number of rotatable bonds is 7. The van der Waals surface area contributed by atoms with Crippen molar-refractivity contribution in [3.8, 4) is 0 Å². The predicted octanol–water partition coefficient (Wildman–Crippen LogP) is 1.35. The molecule has 0 heterocycles. The molecular weight excluding hydrogens is 188 g/mol. The minimum Gasteiger partial charge on any atom is -0.393 e. The van der Waals surface area contributed by atoms with Crippen molar-refractivity contribution in [3.05, 3.63) is 0 Å². The molecule has 4 heteroatoms. The molecule has 0 aliphatic heterocycles. The molecule has 0 aliphatic carbocycles. The fourth-order valence-corrected chi connectivity index (χ4v) is 1.60. The van der Waals surface area contributed by atoms with Crippen LogP contribution in [-0.2, 0) is 0 Å². The Hall–Kier alpha value is 0.200. The van der Waals surface area contributed by atoms with Gasteiger partial charge in [-0.25, -0.2) is 0 Å². The van der Waals surface area contributed by atoms with Gasteiger partial charge in [-0.05, 0) is 12.8 Å². The molecular formula is C8H18N2S2. The number of nitrogens with zero attached hydrogens (tertiary/aromatic N) is 1. The van der Waals surface area contributed by atoms with Crippen LogP contribution in [0.1, 0.15) is 13.3 Å². The lowest BCUT2D eigenvalue weighted by atomic mass is 10.4. The number of nitrogens with two attached hydrogens (primary N) is 1. The first-order chi connectivity index (χ1) is 5.66. The summed E-state index contributed by atoms with van der Waals surface area (Å²) in [7, 11) is 2.11. The summed E-state index contributed by atoms with van der Waals surface area (Å²) in [6.45, 7) is 4.29. The van der Waals surface area contributed by atoms with Crippen molar-refractivity contribution >= 4 is 29.0 Å². The second-order valence-corrected chi connectivity index (χ2v) is 4.63. The van der Waals surface area contributed by atoms with E-state index in [1.807, 2.05) is 11.8 Å². The number of hydrogen-bond donors (Lipinski definition) is 1. The summed E-state index contributed by atoms with van der Waals surface area (Å²) in [5.74, 6) is 2.40. The first kappa shape index (κ1) is 12.2. The van der Waals surface area contributed by atoms with Crippen LogP contribution in [0.4, 0.5) is 0 Å². The maximum absolute atomic E-state index is 5.40. The van der Waals surface area contributed by atoms with E-state index in [-0.39, 0.29) is 0 Å². The molecule has 0 aliphatic rings. The van der Waals surface area contributed by atoms with Crippen LogP contribution in [0.3, 0.4) is 0 Å². The summed E-state index contributed by atoms with van der Waals surface area (Å²) in [5, 5.41) is 0. The van der Waals surface area contributed by atoms with E-state index >= 15 is 0 Å². The topological polar surface area (TPSA) is 29.3 Å². The maximum Gasteiger partial charge on any atom is 0.0740 e. The summed E-state index contributed by atoms with van der Waals surface area (Å²) in [6.07, 6.45) is 0.836. The molecule has 2 nitrogen and oxygen atoms in total. The summed E-state index contributed by atoms with van der Waals surface area (Å²) in [5.41, 5.74) is 5.40. The van der Waals surface area contributed by atoms with Crippen molar-refractivity contribution in [2.24, 2.45) is 5.73 Å². The van der Waals surface area contributed by atoms with Gasteiger partial charge < -0.3 is 10.6 Å². The molecule has 0 amide bonds. The van der Waals surface area contributed by atoms with Crippen LogP contribution in [-0.4, -0.2) is 41.5 Å². The lowest BCUT2D eigenvalue weighted by Crippen LogP contribution is -2.25. The van der Waals surface area contributed by atoms with Crippen LogP contribution >= 0.6 is 24.0 Å². The third-order valence-electron chi connectivity index (χ3n) is 1.56. The lowest BCUT2D eigenvalue weighted by Gasteiger charge is -2.15. The minimum absolute atomic E-state index is 0.616. The fourth-order valence-electron chi connectivity index (χ4n) is 0.778. The first-order valence-electron chi connectivity index (χ1n) is 4.21. The van der Waals surface area contributed by atoms with Gasteiger partial charge in [0.2, 0.25) is 0 Å². The maximum atomic E-state index is 5.40. The zero-order valence-electron chi connectivity index (χ0n) is 7.88. The highest BCUT2D eigenvalue weighted by Crippen LogP contribution is 1.98. The average molecular weight is 206 g/mol. The Labute approximate surface area is 84.9 Å². The largest absolute Gasteiger partial charge is 0.393 e. The van der Waals surface area contributed by atoms with Crippen LogP contribution in [0.15, 0.2) is 0 Å². The Balaban J connectivity index is 3.21. The Bertz CT molecular complexity index is 128. The molecule has 0 fully saturated rings. The van der Waals surface area contributed by atoms with Crippen LogP contribution in [0, 0.1) is 0 Å². The lowest BCUT2D eigenvalue weighted by molar-refractivity contribution is 0.367. The SMILES string of the molecule is CCSCCN(C)CCC(N)=S. The van der Waals surface area contributed by atoms with E-state index in [9.17, 15) is 0 Å². The van der Waals surface area contributed by atoms with E-state index < -0.39 is 0 Å². The normalized spacial score (nSPS) is 10.6. The van der Waals surface area contributed by atoms with E-state index in [1.165, 1.54) is 11.5 Å². The predicted molar refractivity (Wildman–Crippen MR) is 61.9 cm³/mol. The van der Waals surface area contributed by atoms with E-state index in [1.54, 1.807) is 0 Å². The molecule has 12 heavy (non-hydrogen) atoms. The summed E-state index contributed by atoms with van der Waals surface area (Å²) < 4.78 is 0. The Morgan fingerprint density at radius 2 is 2.17 bits per heavy atom. The smallest absolute Gasteiger partial charge is 0.0740 e. The van der Waals surface area contributed by atoms with Gasteiger partial charge in [0.1, 0.15) is 0 Å². The molecule has 0 unspecified atom stereocenters. The quantitative estimate of drug-likeness (QED) is 0.503. The van der Waals surface area contributed by atoms with Crippen molar-refractivity contribution in [2.45, 2.75) is 13.3 Å². The highest BCUT2D eigenvalue weighted by molar-refractivity contribution is 7.99. The van der Waals surface area contributed by atoms with Crippen molar-refractivity contribution in [1.29, 1.82) is 0 Å². The van der Waals surface area contributed by atoms with Gasteiger partial charge in [0.15, 0.2) is 0 Å². The van der Waals surface area contributed by atoms with Crippen molar-refractivity contribution < 1.29 is 0 Å². The highest BCUT2D eigenvalue weighted by Gasteiger charge is 1.97. The molecule has 0 saturated heterocycles. The summed E-state index contributed by atoms with van der Waals surface area (Å²) in [6, 6.07) is 0. The second kappa shape index (κ2) is 7.83. The molecule has 72 valence electrons. The van der Waals surface area contributed by atoms with Crippen LogP contribution < -0.4 is 5.73 Å². The monoisotopic (exact) mass is 206 g/mol. The molecule has 0 atom stereocenters. The van der Waals surface area contributed by atoms with Crippen molar-refractivity contribution in [3.63, 3.8) is 0 Å². The molecule has 0 rings (SSSR count). The first-order valence-corrected chi connectivity index (χ1v) is 5.77. The van der Waals surface area contributed by atoms with E-state index in [0.717, 1.165) is 19.5 Å². The van der Waals surface area contributed by atoms with Gasteiger partial charge in [0.25, 0.3) is 0 Å². The number of hydrogen-bond acceptors (Lipinski definition) is 3. The molecule has 0 aromatic rings. The van der Waals surface area contributed by atoms with Crippen LogP contribution in [0.5, 0.6) is 0 Å². The van der Waals surface area contributed by atoms with Gasteiger partial charge in [-0.2, -0.15) is 11.8 Å². The molecule has 0 bridgehead atoms. The van der Waals surface area contributed by atoms with Crippen molar-refractivity contribution in [1.82, 2.24) is 4.90 Å². The van der Waals surface area contributed by atoms with Gasteiger partial charge in [0.05, 0.1) is 4.99 Å². The second-order valence-electron chi connectivity index (χ2n) is 2.72. The number of thiocarbonyl (C=S) groups is 1. The highest BCUT2D eigenvalue weighted by atomic mass is 32.2. The summed E-state index contributed by atoms with van der Waals surface area (Å²) >= 11 is 6.76. The minimum atomic E-state index is 0.616.